The molecule has 90 valence electrons. The van der Waals surface area contributed by atoms with Gasteiger partial charge in [0.05, 0.1) is 6.54 Å². The van der Waals surface area contributed by atoms with Crippen molar-refractivity contribution in [1.82, 2.24) is 10.2 Å². The lowest BCUT2D eigenvalue weighted by Crippen LogP contribution is -2.44. The summed E-state index contributed by atoms with van der Waals surface area (Å²) in [7, 11) is 0. The third-order valence-electron chi connectivity index (χ3n) is 3.53. The van der Waals surface area contributed by atoms with Gasteiger partial charge in [-0.05, 0) is 25.7 Å². The molecule has 3 nitrogen and oxygen atoms in total. The van der Waals surface area contributed by atoms with Gasteiger partial charge in [0.2, 0.25) is 5.91 Å². The molecule has 2 saturated carbocycles. The average Bonchev–Trinajstić information content (AvgIpc) is 2.97. The van der Waals surface area contributed by atoms with Crippen LogP contribution in [-0.2, 0) is 4.79 Å². The summed E-state index contributed by atoms with van der Waals surface area (Å²) in [6, 6.07) is 1.07. The molecule has 0 spiro atoms. The van der Waals surface area contributed by atoms with Crippen LogP contribution in [0.25, 0.3) is 0 Å². The Labute approximate surface area is 97.9 Å². The Balaban J connectivity index is 1.82. The highest BCUT2D eigenvalue weighted by Crippen LogP contribution is 2.24. The van der Waals surface area contributed by atoms with E-state index < -0.39 is 0 Å². The molecule has 2 rings (SSSR count). The summed E-state index contributed by atoms with van der Waals surface area (Å²) in [5, 5.41) is 3.29. The first-order chi connectivity index (χ1) is 7.81. The normalized spacial score (nSPS) is 21.0. The number of carbonyl (C=O) groups excluding carboxylic acids is 1. The molecule has 1 amide bonds. The molecule has 0 radical (unpaired) electrons. The van der Waals surface area contributed by atoms with Crippen LogP contribution in [0.3, 0.4) is 0 Å². The SMILES string of the molecule is C=CCN(C(=O)CNC1CC1)C1CCCC1. The van der Waals surface area contributed by atoms with Gasteiger partial charge in [0.15, 0.2) is 0 Å². The molecule has 0 aromatic carbocycles. The fourth-order valence-corrected chi connectivity index (χ4v) is 2.43. The van der Waals surface area contributed by atoms with Gasteiger partial charge in [-0.15, -0.1) is 6.58 Å². The van der Waals surface area contributed by atoms with Crippen molar-refractivity contribution in [3.05, 3.63) is 12.7 Å². The van der Waals surface area contributed by atoms with E-state index in [9.17, 15) is 4.79 Å². The molecule has 0 aliphatic heterocycles. The standard InChI is InChI=1S/C13H22N2O/c1-2-9-15(12-5-3-4-6-12)13(16)10-14-11-7-8-11/h2,11-12,14H,1,3-10H2. The van der Waals surface area contributed by atoms with Gasteiger partial charge < -0.3 is 10.2 Å². The zero-order valence-corrected chi connectivity index (χ0v) is 9.95. The first kappa shape index (κ1) is 11.6. The second-order valence-corrected chi connectivity index (χ2v) is 4.93. The van der Waals surface area contributed by atoms with Crippen LogP contribution in [-0.4, -0.2) is 36.0 Å². The average molecular weight is 222 g/mol. The molecule has 2 fully saturated rings. The molecule has 0 saturated heterocycles. The molecule has 0 heterocycles. The van der Waals surface area contributed by atoms with Crippen LogP contribution in [0.1, 0.15) is 38.5 Å². The maximum absolute atomic E-state index is 12.1. The zero-order chi connectivity index (χ0) is 11.4. The minimum absolute atomic E-state index is 0.249. The van der Waals surface area contributed by atoms with Gasteiger partial charge in [-0.2, -0.15) is 0 Å². The van der Waals surface area contributed by atoms with Crippen LogP contribution in [0.5, 0.6) is 0 Å². The Bertz CT molecular complexity index is 255. The Morgan fingerprint density at radius 3 is 2.56 bits per heavy atom. The van der Waals surface area contributed by atoms with E-state index in [0.29, 0.717) is 25.2 Å². The molecular formula is C13H22N2O. The van der Waals surface area contributed by atoms with E-state index in [-0.39, 0.29) is 5.91 Å². The summed E-state index contributed by atoms with van der Waals surface area (Å²) < 4.78 is 0. The molecular weight excluding hydrogens is 200 g/mol. The van der Waals surface area contributed by atoms with Crippen molar-refractivity contribution in [1.29, 1.82) is 0 Å². The number of rotatable bonds is 6. The second kappa shape index (κ2) is 5.48. The Morgan fingerprint density at radius 1 is 1.31 bits per heavy atom. The molecule has 2 aliphatic carbocycles. The second-order valence-electron chi connectivity index (χ2n) is 4.93. The summed E-state index contributed by atoms with van der Waals surface area (Å²) in [4.78, 5) is 14.1. The smallest absolute Gasteiger partial charge is 0.237 e. The Hall–Kier alpha value is -0.830. The van der Waals surface area contributed by atoms with Crippen molar-refractivity contribution in [2.24, 2.45) is 0 Å². The molecule has 2 aliphatic rings. The summed E-state index contributed by atoms with van der Waals surface area (Å²) in [6.45, 7) is 4.96. The van der Waals surface area contributed by atoms with Gasteiger partial charge in [0.25, 0.3) is 0 Å². The van der Waals surface area contributed by atoms with E-state index in [0.717, 1.165) is 0 Å². The quantitative estimate of drug-likeness (QED) is 0.694. The van der Waals surface area contributed by atoms with E-state index in [1.165, 1.54) is 38.5 Å². The monoisotopic (exact) mass is 222 g/mol. The lowest BCUT2D eigenvalue weighted by molar-refractivity contribution is -0.131. The molecule has 0 unspecified atom stereocenters. The number of hydrogen-bond acceptors (Lipinski definition) is 2. The fraction of sp³-hybridized carbons (Fsp3) is 0.769. The van der Waals surface area contributed by atoms with Crippen LogP contribution in [0.4, 0.5) is 0 Å². The van der Waals surface area contributed by atoms with E-state index in [1.807, 2.05) is 11.0 Å². The van der Waals surface area contributed by atoms with Gasteiger partial charge >= 0.3 is 0 Å². The lowest BCUT2D eigenvalue weighted by atomic mass is 10.2. The first-order valence-electron chi connectivity index (χ1n) is 6.45. The number of amides is 1. The highest BCUT2D eigenvalue weighted by molar-refractivity contribution is 5.78. The predicted octanol–water partition coefficient (Wildman–Crippen LogP) is 1.70. The summed E-state index contributed by atoms with van der Waals surface area (Å²) in [6.07, 6.45) is 9.18. The largest absolute Gasteiger partial charge is 0.335 e. The molecule has 0 aromatic rings. The van der Waals surface area contributed by atoms with Crippen molar-refractivity contribution in [3.8, 4) is 0 Å². The van der Waals surface area contributed by atoms with Crippen LogP contribution in [0, 0.1) is 0 Å². The summed E-state index contributed by atoms with van der Waals surface area (Å²) >= 11 is 0. The highest BCUT2D eigenvalue weighted by Gasteiger charge is 2.27. The first-order valence-corrected chi connectivity index (χ1v) is 6.45. The molecule has 0 bridgehead atoms. The number of hydrogen-bond donors (Lipinski definition) is 1. The maximum atomic E-state index is 12.1. The molecule has 3 heteroatoms. The summed E-state index contributed by atoms with van der Waals surface area (Å²) in [5.74, 6) is 0.249. The number of nitrogens with zero attached hydrogens (tertiary/aromatic N) is 1. The Kier molecular flexibility index (Phi) is 3.99. The van der Waals surface area contributed by atoms with Gasteiger partial charge in [-0.1, -0.05) is 18.9 Å². The van der Waals surface area contributed by atoms with Crippen molar-refractivity contribution < 1.29 is 4.79 Å². The van der Waals surface area contributed by atoms with Crippen molar-refractivity contribution in [2.45, 2.75) is 50.6 Å². The van der Waals surface area contributed by atoms with Crippen LogP contribution >= 0.6 is 0 Å². The fourth-order valence-electron chi connectivity index (χ4n) is 2.43. The third kappa shape index (κ3) is 3.08. The molecule has 0 atom stereocenters. The van der Waals surface area contributed by atoms with Gasteiger partial charge in [-0.3, -0.25) is 4.79 Å². The highest BCUT2D eigenvalue weighted by atomic mass is 16.2. The van der Waals surface area contributed by atoms with E-state index in [1.54, 1.807) is 0 Å². The maximum Gasteiger partial charge on any atom is 0.237 e. The van der Waals surface area contributed by atoms with Crippen LogP contribution < -0.4 is 5.32 Å². The summed E-state index contributed by atoms with van der Waals surface area (Å²) in [5.41, 5.74) is 0. The molecule has 1 N–H and O–H groups in total. The van der Waals surface area contributed by atoms with Gasteiger partial charge in [0, 0.05) is 18.6 Å². The minimum Gasteiger partial charge on any atom is -0.335 e. The number of carbonyl (C=O) groups is 1. The number of nitrogens with one attached hydrogen (secondary N) is 1. The van der Waals surface area contributed by atoms with Crippen molar-refractivity contribution in [3.63, 3.8) is 0 Å². The van der Waals surface area contributed by atoms with Crippen LogP contribution in [0.2, 0.25) is 0 Å². The van der Waals surface area contributed by atoms with E-state index >= 15 is 0 Å². The predicted molar refractivity (Wildman–Crippen MR) is 65.2 cm³/mol. The van der Waals surface area contributed by atoms with Crippen molar-refractivity contribution >= 4 is 5.91 Å². The van der Waals surface area contributed by atoms with Gasteiger partial charge in [0.1, 0.15) is 0 Å². The minimum atomic E-state index is 0.249. The molecule has 0 aromatic heterocycles. The van der Waals surface area contributed by atoms with Gasteiger partial charge in [-0.25, -0.2) is 0 Å². The molecule has 16 heavy (non-hydrogen) atoms. The topological polar surface area (TPSA) is 32.3 Å². The van der Waals surface area contributed by atoms with Crippen molar-refractivity contribution in [2.75, 3.05) is 13.1 Å². The van der Waals surface area contributed by atoms with E-state index in [4.69, 9.17) is 0 Å². The lowest BCUT2D eigenvalue weighted by Gasteiger charge is -2.28. The Morgan fingerprint density at radius 2 is 2.00 bits per heavy atom. The van der Waals surface area contributed by atoms with Crippen LogP contribution in [0.15, 0.2) is 12.7 Å². The van der Waals surface area contributed by atoms with E-state index in [2.05, 4.69) is 11.9 Å². The third-order valence-corrected chi connectivity index (χ3v) is 3.53. The zero-order valence-electron chi connectivity index (χ0n) is 9.95.